The lowest BCUT2D eigenvalue weighted by Crippen LogP contribution is -2.44. The van der Waals surface area contributed by atoms with Crippen LogP contribution in [0.3, 0.4) is 0 Å². The van der Waals surface area contributed by atoms with E-state index in [1.54, 1.807) is 11.8 Å². The molecule has 2 rings (SSSR count). The number of ether oxygens (including phenoxy) is 3. The van der Waals surface area contributed by atoms with E-state index in [-0.39, 0.29) is 0 Å². The molecule has 1 aromatic rings. The molecule has 0 spiro atoms. The molecule has 0 bridgehead atoms. The summed E-state index contributed by atoms with van der Waals surface area (Å²) >= 11 is 1.74. The summed E-state index contributed by atoms with van der Waals surface area (Å²) < 4.78 is 17.2. The van der Waals surface area contributed by atoms with E-state index in [1.807, 2.05) is 31.2 Å². The number of thioether (sulfide) groups is 1. The van der Waals surface area contributed by atoms with Crippen LogP contribution < -0.4 is 9.47 Å². The highest BCUT2D eigenvalue weighted by Crippen LogP contribution is 2.40. The Bertz CT molecular complexity index is 329. The third-order valence-electron chi connectivity index (χ3n) is 2.23. The largest absolute Gasteiger partial charge is 0.425 e. The van der Waals surface area contributed by atoms with Crippen LogP contribution in [0.1, 0.15) is 13.8 Å². The molecule has 0 fully saturated rings. The molecule has 4 heteroatoms. The predicted molar refractivity (Wildman–Crippen MR) is 65.1 cm³/mol. The fourth-order valence-corrected chi connectivity index (χ4v) is 2.24. The van der Waals surface area contributed by atoms with Crippen LogP contribution >= 0.6 is 11.8 Å². The van der Waals surface area contributed by atoms with Crippen molar-refractivity contribution in [3.05, 3.63) is 24.3 Å². The number of para-hydroxylation sites is 2. The van der Waals surface area contributed by atoms with Crippen molar-refractivity contribution in [1.82, 2.24) is 0 Å². The van der Waals surface area contributed by atoms with Gasteiger partial charge in [0.2, 0.25) is 0 Å². The highest BCUT2D eigenvalue weighted by molar-refractivity contribution is 7.99. The van der Waals surface area contributed by atoms with Crippen LogP contribution in [0.15, 0.2) is 24.3 Å². The normalized spacial score (nSPS) is 16.4. The molecular formula is C12H16O3S. The summed E-state index contributed by atoms with van der Waals surface area (Å²) in [6.07, 6.45) is 0. The van der Waals surface area contributed by atoms with Gasteiger partial charge >= 0.3 is 5.97 Å². The Hall–Kier alpha value is -0.870. The van der Waals surface area contributed by atoms with Crippen molar-refractivity contribution >= 4 is 11.8 Å². The fraction of sp³-hybridized carbons (Fsp3) is 0.500. The van der Waals surface area contributed by atoms with E-state index in [0.29, 0.717) is 12.4 Å². The molecule has 1 aliphatic heterocycles. The summed E-state index contributed by atoms with van der Waals surface area (Å²) in [5.41, 5.74) is 0. The van der Waals surface area contributed by atoms with Crippen molar-refractivity contribution in [2.75, 3.05) is 18.1 Å². The van der Waals surface area contributed by atoms with Gasteiger partial charge < -0.3 is 14.2 Å². The van der Waals surface area contributed by atoms with Crippen molar-refractivity contribution in [1.29, 1.82) is 0 Å². The lowest BCUT2D eigenvalue weighted by Gasteiger charge is -2.26. The lowest BCUT2D eigenvalue weighted by atomic mass is 10.3. The topological polar surface area (TPSA) is 27.7 Å². The molecule has 88 valence electrons. The first-order valence-corrected chi connectivity index (χ1v) is 6.64. The average Bonchev–Trinajstić information content (AvgIpc) is 2.65. The SMILES string of the molecule is CCOC1(CSCC)Oc2ccccc2O1. The first-order valence-electron chi connectivity index (χ1n) is 5.48. The predicted octanol–water partition coefficient (Wildman–Crippen LogP) is 2.90. The van der Waals surface area contributed by atoms with Crippen LogP contribution in [0.25, 0.3) is 0 Å². The Morgan fingerprint density at radius 3 is 2.31 bits per heavy atom. The summed E-state index contributed by atoms with van der Waals surface area (Å²) in [4.78, 5) is 0. The van der Waals surface area contributed by atoms with Crippen molar-refractivity contribution in [3.63, 3.8) is 0 Å². The molecule has 0 radical (unpaired) electrons. The second-order valence-corrected chi connectivity index (χ2v) is 4.68. The molecule has 0 amide bonds. The first-order chi connectivity index (χ1) is 7.79. The monoisotopic (exact) mass is 240 g/mol. The minimum absolute atomic E-state index is 0.568. The third-order valence-corrected chi connectivity index (χ3v) is 3.19. The molecule has 3 nitrogen and oxygen atoms in total. The second kappa shape index (κ2) is 4.97. The van der Waals surface area contributed by atoms with Gasteiger partial charge in [0.05, 0.1) is 6.61 Å². The molecule has 16 heavy (non-hydrogen) atoms. The standard InChI is InChI=1S/C12H16O3S/c1-3-13-12(9-16-4-2)14-10-7-5-6-8-11(10)15-12/h5-8H,3-4,9H2,1-2H3. The van der Waals surface area contributed by atoms with E-state index >= 15 is 0 Å². The number of hydrogen-bond acceptors (Lipinski definition) is 4. The molecule has 1 aromatic carbocycles. The molecule has 1 aliphatic rings. The van der Waals surface area contributed by atoms with Crippen molar-refractivity contribution < 1.29 is 14.2 Å². The number of rotatable bonds is 5. The Balaban J connectivity index is 2.13. The van der Waals surface area contributed by atoms with Gasteiger partial charge in [-0.1, -0.05) is 19.1 Å². The molecule has 0 N–H and O–H groups in total. The third kappa shape index (κ3) is 2.28. The average molecular weight is 240 g/mol. The maximum atomic E-state index is 5.77. The van der Waals surface area contributed by atoms with E-state index in [0.717, 1.165) is 17.3 Å². The Labute approximate surface area is 100 Å². The van der Waals surface area contributed by atoms with Gasteiger partial charge in [0, 0.05) is 0 Å². The molecule has 0 aromatic heterocycles. The molecule has 0 saturated carbocycles. The van der Waals surface area contributed by atoms with Crippen LogP contribution in [0, 0.1) is 0 Å². The van der Waals surface area contributed by atoms with Crippen LogP contribution in [0.2, 0.25) is 0 Å². The summed E-state index contributed by atoms with van der Waals surface area (Å²) in [6.45, 7) is 4.61. The Morgan fingerprint density at radius 2 is 1.81 bits per heavy atom. The van der Waals surface area contributed by atoms with E-state index in [1.165, 1.54) is 0 Å². The minimum atomic E-state index is -0.931. The highest BCUT2D eigenvalue weighted by Gasteiger charge is 2.42. The zero-order valence-electron chi connectivity index (χ0n) is 9.56. The minimum Gasteiger partial charge on any atom is -0.425 e. The van der Waals surface area contributed by atoms with Crippen molar-refractivity contribution in [2.45, 2.75) is 19.8 Å². The van der Waals surface area contributed by atoms with E-state index in [4.69, 9.17) is 14.2 Å². The van der Waals surface area contributed by atoms with Crippen LogP contribution in [0.4, 0.5) is 0 Å². The quantitative estimate of drug-likeness (QED) is 0.791. The lowest BCUT2D eigenvalue weighted by molar-refractivity contribution is -0.262. The van der Waals surface area contributed by atoms with Gasteiger partial charge in [0.25, 0.3) is 0 Å². The van der Waals surface area contributed by atoms with Gasteiger partial charge in [-0.2, -0.15) is 11.8 Å². The molecule has 0 unspecified atom stereocenters. The molecular weight excluding hydrogens is 224 g/mol. The van der Waals surface area contributed by atoms with Gasteiger partial charge in [0.15, 0.2) is 11.5 Å². The number of fused-ring (bicyclic) bond motifs is 1. The zero-order valence-corrected chi connectivity index (χ0v) is 10.4. The van der Waals surface area contributed by atoms with Crippen LogP contribution in [0.5, 0.6) is 11.5 Å². The van der Waals surface area contributed by atoms with E-state index in [9.17, 15) is 0 Å². The summed E-state index contributed by atoms with van der Waals surface area (Å²) in [5, 5.41) is 0. The smallest absolute Gasteiger partial charge is 0.381 e. The first kappa shape index (κ1) is 11.6. The molecule has 1 heterocycles. The Kier molecular flexibility index (Phi) is 3.61. The maximum Gasteiger partial charge on any atom is 0.381 e. The van der Waals surface area contributed by atoms with Gasteiger partial charge in [-0.05, 0) is 24.8 Å². The molecule has 0 atom stereocenters. The maximum absolute atomic E-state index is 5.77. The number of hydrogen-bond donors (Lipinski definition) is 0. The van der Waals surface area contributed by atoms with Crippen molar-refractivity contribution in [3.8, 4) is 11.5 Å². The Morgan fingerprint density at radius 1 is 1.19 bits per heavy atom. The zero-order chi connectivity index (χ0) is 11.4. The summed E-state index contributed by atoms with van der Waals surface area (Å²) in [6, 6.07) is 7.65. The second-order valence-electron chi connectivity index (χ2n) is 3.40. The van der Waals surface area contributed by atoms with E-state index in [2.05, 4.69) is 6.92 Å². The van der Waals surface area contributed by atoms with Crippen molar-refractivity contribution in [2.24, 2.45) is 0 Å². The van der Waals surface area contributed by atoms with Gasteiger partial charge in [0.1, 0.15) is 5.75 Å². The van der Waals surface area contributed by atoms with Gasteiger partial charge in [-0.15, -0.1) is 0 Å². The number of benzene rings is 1. The summed E-state index contributed by atoms with van der Waals surface area (Å²) in [7, 11) is 0. The van der Waals surface area contributed by atoms with Gasteiger partial charge in [-0.25, -0.2) is 0 Å². The molecule has 0 aliphatic carbocycles. The van der Waals surface area contributed by atoms with Crippen LogP contribution in [-0.4, -0.2) is 24.1 Å². The van der Waals surface area contributed by atoms with Gasteiger partial charge in [-0.3, -0.25) is 0 Å². The van der Waals surface area contributed by atoms with E-state index < -0.39 is 5.97 Å². The molecule has 0 saturated heterocycles. The summed E-state index contributed by atoms with van der Waals surface area (Å²) in [5.74, 6) is 2.27. The fourth-order valence-electron chi connectivity index (χ4n) is 1.58. The highest BCUT2D eigenvalue weighted by atomic mass is 32.2. The van der Waals surface area contributed by atoms with Crippen LogP contribution in [-0.2, 0) is 4.74 Å².